The lowest BCUT2D eigenvalue weighted by Crippen LogP contribution is -2.54. The minimum atomic E-state index is -1.31. The number of esters is 2. The zero-order valence-electron chi connectivity index (χ0n) is 20.6. The van der Waals surface area contributed by atoms with E-state index in [9.17, 15) is 19.2 Å². The molecule has 0 radical (unpaired) electrons. The summed E-state index contributed by atoms with van der Waals surface area (Å²) in [5.41, 5.74) is 0. The lowest BCUT2D eigenvalue weighted by Gasteiger charge is -2.22. The van der Waals surface area contributed by atoms with Crippen LogP contribution in [0.15, 0.2) is 0 Å². The Labute approximate surface area is 201 Å². The van der Waals surface area contributed by atoms with Gasteiger partial charge in [0.05, 0.1) is 14.2 Å². The molecular formula is C24H38N2O8. The first-order valence-corrected chi connectivity index (χ1v) is 11.8. The zero-order chi connectivity index (χ0) is 25.5. The summed E-state index contributed by atoms with van der Waals surface area (Å²) in [6.45, 7) is 3.92. The lowest BCUT2D eigenvalue weighted by molar-refractivity contribution is -0.148. The van der Waals surface area contributed by atoms with Gasteiger partial charge in [0.2, 0.25) is 0 Å². The molecule has 1 fully saturated rings. The fraction of sp³-hybridized carbons (Fsp3) is 0.750. The number of methoxy groups -OCH3 is 2. The molecule has 192 valence electrons. The van der Waals surface area contributed by atoms with Gasteiger partial charge in [-0.05, 0) is 25.7 Å². The van der Waals surface area contributed by atoms with Crippen molar-refractivity contribution < 1.29 is 38.1 Å². The summed E-state index contributed by atoms with van der Waals surface area (Å²) in [7, 11) is 2.48. The largest absolute Gasteiger partial charge is 0.467 e. The number of carbonyl (C=O) groups is 4. The predicted octanol–water partition coefficient (Wildman–Crippen LogP) is 1.60. The molecule has 1 aliphatic heterocycles. The molecule has 1 saturated heterocycles. The molecule has 0 spiro atoms. The van der Waals surface area contributed by atoms with Crippen molar-refractivity contribution in [2.75, 3.05) is 14.2 Å². The monoisotopic (exact) mass is 482 g/mol. The number of ether oxygens (including phenoxy) is 4. The van der Waals surface area contributed by atoms with Crippen molar-refractivity contribution in [3.8, 4) is 12.3 Å². The molecule has 10 heteroatoms. The SMILES string of the molecule is C#CCCCC1O[C@@H](C(=O)N[C@@H](CCCC)C(=O)OC)[C@H](C(=O)N[C@@H](CCCC)C(=O)OC)O1. The van der Waals surface area contributed by atoms with Gasteiger partial charge in [-0.15, -0.1) is 12.3 Å². The Morgan fingerprint density at radius 1 is 0.853 bits per heavy atom. The molecule has 0 aromatic heterocycles. The molecular weight excluding hydrogens is 444 g/mol. The van der Waals surface area contributed by atoms with E-state index in [-0.39, 0.29) is 0 Å². The maximum atomic E-state index is 13.0. The predicted molar refractivity (Wildman–Crippen MR) is 123 cm³/mol. The first-order valence-electron chi connectivity index (χ1n) is 11.8. The first-order chi connectivity index (χ1) is 16.3. The quantitative estimate of drug-likeness (QED) is 0.205. The Morgan fingerprint density at radius 3 is 1.65 bits per heavy atom. The van der Waals surface area contributed by atoms with Crippen molar-refractivity contribution in [3.63, 3.8) is 0 Å². The summed E-state index contributed by atoms with van der Waals surface area (Å²) < 4.78 is 21.1. The van der Waals surface area contributed by atoms with Gasteiger partial charge >= 0.3 is 11.9 Å². The Balaban J connectivity index is 3.01. The van der Waals surface area contributed by atoms with Gasteiger partial charge in [0.15, 0.2) is 18.5 Å². The standard InChI is InChI=1S/C24H38N2O8/c1-6-9-12-15-18-33-19(21(27)25-16(13-10-7-2)23(29)31-4)20(34-18)22(28)26-17(14-11-8-3)24(30)32-5/h1,16-20H,7-15H2,2-5H3,(H,25,27)(H,26,28)/t16-,17-,19+,20+/m0/s1. The Hall–Kier alpha value is -2.64. The van der Waals surface area contributed by atoms with E-state index in [1.54, 1.807) is 0 Å². The minimum Gasteiger partial charge on any atom is -0.467 e. The second-order valence-corrected chi connectivity index (χ2v) is 8.09. The molecule has 0 aromatic carbocycles. The summed E-state index contributed by atoms with van der Waals surface area (Å²) in [6.07, 6.45) is 7.07. The van der Waals surface area contributed by atoms with Crippen molar-refractivity contribution in [1.82, 2.24) is 10.6 Å². The van der Waals surface area contributed by atoms with E-state index >= 15 is 0 Å². The molecule has 0 bridgehead atoms. The zero-order valence-corrected chi connectivity index (χ0v) is 20.6. The Bertz CT molecular complexity index is 670. The van der Waals surface area contributed by atoms with E-state index in [1.165, 1.54) is 14.2 Å². The summed E-state index contributed by atoms with van der Waals surface area (Å²) in [5, 5.41) is 5.23. The summed E-state index contributed by atoms with van der Waals surface area (Å²) >= 11 is 0. The highest BCUT2D eigenvalue weighted by atomic mass is 16.7. The third-order valence-electron chi connectivity index (χ3n) is 5.45. The van der Waals surface area contributed by atoms with Gasteiger partial charge in [0.25, 0.3) is 11.8 Å². The Morgan fingerprint density at radius 2 is 1.29 bits per heavy atom. The second kappa shape index (κ2) is 16.1. The molecule has 2 amide bonds. The van der Waals surface area contributed by atoms with Gasteiger partial charge in [-0.2, -0.15) is 0 Å². The molecule has 0 aliphatic carbocycles. The van der Waals surface area contributed by atoms with Gasteiger partial charge in [-0.1, -0.05) is 39.5 Å². The van der Waals surface area contributed by atoms with Crippen molar-refractivity contribution >= 4 is 23.8 Å². The van der Waals surface area contributed by atoms with Gasteiger partial charge in [0.1, 0.15) is 12.1 Å². The number of amides is 2. The van der Waals surface area contributed by atoms with Crippen LogP contribution >= 0.6 is 0 Å². The van der Waals surface area contributed by atoms with Crippen LogP contribution in [0.3, 0.4) is 0 Å². The average molecular weight is 483 g/mol. The van der Waals surface area contributed by atoms with E-state index in [0.29, 0.717) is 44.9 Å². The summed E-state index contributed by atoms with van der Waals surface area (Å²) in [5.74, 6) is 0.00124. The maximum absolute atomic E-state index is 13.0. The smallest absolute Gasteiger partial charge is 0.328 e. The van der Waals surface area contributed by atoms with Crippen LogP contribution in [-0.4, -0.2) is 68.6 Å². The van der Waals surface area contributed by atoms with Crippen molar-refractivity contribution in [2.24, 2.45) is 0 Å². The number of unbranched alkanes of at least 4 members (excludes halogenated alkanes) is 3. The number of hydrogen-bond donors (Lipinski definition) is 2. The molecule has 10 nitrogen and oxygen atoms in total. The van der Waals surface area contributed by atoms with Gasteiger partial charge in [-0.25, -0.2) is 9.59 Å². The number of nitrogens with one attached hydrogen (secondary N) is 2. The molecule has 34 heavy (non-hydrogen) atoms. The van der Waals surface area contributed by atoms with Crippen LogP contribution in [0.2, 0.25) is 0 Å². The maximum Gasteiger partial charge on any atom is 0.328 e. The third kappa shape index (κ3) is 9.31. The molecule has 4 atom stereocenters. The number of rotatable bonds is 15. The fourth-order valence-electron chi connectivity index (χ4n) is 3.51. The summed E-state index contributed by atoms with van der Waals surface area (Å²) in [6, 6.07) is -1.75. The van der Waals surface area contributed by atoms with Crippen molar-refractivity contribution in [1.29, 1.82) is 0 Å². The highest BCUT2D eigenvalue weighted by Crippen LogP contribution is 2.24. The van der Waals surface area contributed by atoms with E-state index in [2.05, 4.69) is 16.6 Å². The van der Waals surface area contributed by atoms with E-state index in [0.717, 1.165) is 12.8 Å². The number of hydrogen-bond acceptors (Lipinski definition) is 8. The number of terminal acetylenes is 1. The third-order valence-corrected chi connectivity index (χ3v) is 5.45. The van der Waals surface area contributed by atoms with Crippen LogP contribution in [0, 0.1) is 12.3 Å². The molecule has 1 rings (SSSR count). The Kier molecular flexibility index (Phi) is 13.9. The number of carbonyl (C=O) groups excluding carboxylic acids is 4. The summed E-state index contributed by atoms with van der Waals surface area (Å²) in [4.78, 5) is 50.3. The van der Waals surface area contributed by atoms with Gasteiger partial charge in [-0.3, -0.25) is 9.59 Å². The molecule has 0 aromatic rings. The van der Waals surface area contributed by atoms with Crippen LogP contribution in [-0.2, 0) is 38.1 Å². The molecule has 1 heterocycles. The molecule has 1 aliphatic rings. The van der Waals surface area contributed by atoms with Gasteiger partial charge in [0, 0.05) is 6.42 Å². The van der Waals surface area contributed by atoms with Crippen molar-refractivity contribution in [2.45, 2.75) is 102 Å². The van der Waals surface area contributed by atoms with E-state index < -0.39 is 54.3 Å². The van der Waals surface area contributed by atoms with Crippen LogP contribution < -0.4 is 10.6 Å². The van der Waals surface area contributed by atoms with E-state index in [4.69, 9.17) is 25.4 Å². The molecule has 2 N–H and O–H groups in total. The fourth-order valence-corrected chi connectivity index (χ4v) is 3.51. The highest BCUT2D eigenvalue weighted by molar-refractivity contribution is 5.94. The average Bonchev–Trinajstić information content (AvgIpc) is 3.27. The normalized spacial score (nSPS) is 19.5. The van der Waals surface area contributed by atoms with Crippen LogP contribution in [0.5, 0.6) is 0 Å². The van der Waals surface area contributed by atoms with E-state index in [1.807, 2.05) is 13.8 Å². The topological polar surface area (TPSA) is 129 Å². The van der Waals surface area contributed by atoms with Crippen LogP contribution in [0.4, 0.5) is 0 Å². The first kappa shape index (κ1) is 29.4. The van der Waals surface area contributed by atoms with Crippen molar-refractivity contribution in [3.05, 3.63) is 0 Å². The minimum absolute atomic E-state index is 0.379. The molecule has 0 unspecified atom stereocenters. The lowest BCUT2D eigenvalue weighted by atomic mass is 10.1. The van der Waals surface area contributed by atoms with Crippen LogP contribution in [0.1, 0.15) is 71.6 Å². The van der Waals surface area contributed by atoms with Crippen LogP contribution in [0.25, 0.3) is 0 Å². The second-order valence-electron chi connectivity index (χ2n) is 8.09. The highest BCUT2D eigenvalue weighted by Gasteiger charge is 2.46. The van der Waals surface area contributed by atoms with Gasteiger partial charge < -0.3 is 29.6 Å². The molecule has 0 saturated carbocycles.